The van der Waals surface area contributed by atoms with Crippen LogP contribution < -0.4 is 5.32 Å². The molecule has 102 valence electrons. The van der Waals surface area contributed by atoms with Crippen LogP contribution in [0.5, 0.6) is 0 Å². The summed E-state index contributed by atoms with van der Waals surface area (Å²) in [5, 5.41) is 2.36. The maximum absolute atomic E-state index is 12.5. The summed E-state index contributed by atoms with van der Waals surface area (Å²) < 4.78 is 5.20. The van der Waals surface area contributed by atoms with E-state index in [0.29, 0.717) is 11.1 Å². The van der Waals surface area contributed by atoms with Crippen molar-refractivity contribution >= 4 is 11.9 Å². The normalized spacial score (nSPS) is 11.4. The maximum Gasteiger partial charge on any atom is 0.407 e. The Morgan fingerprint density at radius 3 is 2.05 bits per heavy atom. The first-order valence-electron chi connectivity index (χ1n) is 6.25. The predicted molar refractivity (Wildman–Crippen MR) is 75.5 cm³/mol. The highest BCUT2D eigenvalue weighted by atomic mass is 16.6. The van der Waals surface area contributed by atoms with Crippen molar-refractivity contribution in [1.29, 1.82) is 0 Å². The van der Waals surface area contributed by atoms with Crippen LogP contribution in [0.3, 0.4) is 0 Å². The van der Waals surface area contributed by atoms with Crippen molar-refractivity contribution in [3.05, 3.63) is 71.8 Å². The van der Waals surface area contributed by atoms with E-state index < -0.39 is 12.2 Å². The molecule has 0 radical (unpaired) electrons. The summed E-state index contributed by atoms with van der Waals surface area (Å²) in [7, 11) is 1.46. The molecule has 4 heteroatoms. The van der Waals surface area contributed by atoms with Gasteiger partial charge in [-0.25, -0.2) is 4.79 Å². The minimum atomic E-state index is -0.946. The third-order valence-electron chi connectivity index (χ3n) is 2.83. The predicted octanol–water partition coefficient (Wildman–Crippen LogP) is 2.97. The molecule has 0 spiro atoms. The van der Waals surface area contributed by atoms with E-state index in [2.05, 4.69) is 5.32 Å². The molecule has 0 bridgehead atoms. The van der Waals surface area contributed by atoms with E-state index in [4.69, 9.17) is 4.74 Å². The Balaban J connectivity index is 2.32. The summed E-state index contributed by atoms with van der Waals surface area (Å²) in [6.45, 7) is 0. The van der Waals surface area contributed by atoms with Gasteiger partial charge in [-0.05, 0) is 0 Å². The standard InChI is InChI=1S/C16H15NO3/c1-17-16(19)20-15(13-10-6-3-7-11-13)14(18)12-8-4-2-5-9-12/h2-11,15H,1H3,(H,17,19). The van der Waals surface area contributed by atoms with Gasteiger partial charge in [-0.2, -0.15) is 0 Å². The molecule has 0 aromatic heterocycles. The highest BCUT2D eigenvalue weighted by Gasteiger charge is 2.25. The highest BCUT2D eigenvalue weighted by molar-refractivity contribution is 6.00. The molecule has 0 fully saturated rings. The second-order valence-electron chi connectivity index (χ2n) is 4.18. The first-order chi connectivity index (χ1) is 9.72. The van der Waals surface area contributed by atoms with Crippen LogP contribution in [-0.2, 0) is 4.74 Å². The molecule has 4 nitrogen and oxygen atoms in total. The summed E-state index contributed by atoms with van der Waals surface area (Å²) >= 11 is 0. The Hall–Kier alpha value is -2.62. The van der Waals surface area contributed by atoms with Crippen molar-refractivity contribution in [3.8, 4) is 0 Å². The number of ketones is 1. The summed E-state index contributed by atoms with van der Waals surface area (Å²) in [5.74, 6) is -0.250. The van der Waals surface area contributed by atoms with E-state index in [1.54, 1.807) is 48.5 Å². The van der Waals surface area contributed by atoms with Gasteiger partial charge in [0.15, 0.2) is 6.10 Å². The van der Waals surface area contributed by atoms with Crippen LogP contribution >= 0.6 is 0 Å². The van der Waals surface area contributed by atoms with Crippen molar-refractivity contribution < 1.29 is 14.3 Å². The Morgan fingerprint density at radius 1 is 0.950 bits per heavy atom. The smallest absolute Gasteiger partial charge is 0.407 e. The van der Waals surface area contributed by atoms with Crippen molar-refractivity contribution in [2.45, 2.75) is 6.10 Å². The zero-order valence-corrected chi connectivity index (χ0v) is 11.1. The Kier molecular flexibility index (Phi) is 4.50. The molecule has 1 amide bonds. The number of Topliss-reactive ketones (excluding diaryl/α,β-unsaturated/α-hetero) is 1. The average molecular weight is 269 g/mol. The van der Waals surface area contributed by atoms with Gasteiger partial charge in [-0.3, -0.25) is 4.79 Å². The van der Waals surface area contributed by atoms with E-state index in [9.17, 15) is 9.59 Å². The largest absolute Gasteiger partial charge is 0.433 e. The van der Waals surface area contributed by atoms with Gasteiger partial charge in [-0.1, -0.05) is 60.7 Å². The van der Waals surface area contributed by atoms with Gasteiger partial charge < -0.3 is 10.1 Å². The molecule has 1 unspecified atom stereocenters. The second-order valence-corrected chi connectivity index (χ2v) is 4.18. The molecule has 2 rings (SSSR count). The number of hydrogen-bond acceptors (Lipinski definition) is 3. The SMILES string of the molecule is CNC(=O)OC(C(=O)c1ccccc1)c1ccccc1. The molecular formula is C16H15NO3. The Morgan fingerprint density at radius 2 is 1.50 bits per heavy atom. The summed E-state index contributed by atoms with van der Waals surface area (Å²) in [4.78, 5) is 23.9. The summed E-state index contributed by atoms with van der Waals surface area (Å²) in [6, 6.07) is 17.7. The van der Waals surface area contributed by atoms with Gasteiger partial charge in [0.2, 0.25) is 5.78 Å². The fraction of sp³-hybridized carbons (Fsp3) is 0.125. The molecule has 0 aliphatic rings. The maximum atomic E-state index is 12.5. The van der Waals surface area contributed by atoms with Crippen molar-refractivity contribution in [1.82, 2.24) is 5.32 Å². The molecule has 0 aliphatic heterocycles. The Bertz CT molecular complexity index is 581. The summed E-state index contributed by atoms with van der Waals surface area (Å²) in [5.41, 5.74) is 1.15. The second kappa shape index (κ2) is 6.52. The molecule has 2 aromatic rings. The number of carbonyl (C=O) groups excluding carboxylic acids is 2. The minimum Gasteiger partial charge on any atom is -0.433 e. The van der Waals surface area contributed by atoms with E-state index >= 15 is 0 Å². The van der Waals surface area contributed by atoms with Crippen molar-refractivity contribution in [2.75, 3.05) is 7.05 Å². The lowest BCUT2D eigenvalue weighted by Crippen LogP contribution is -2.26. The van der Waals surface area contributed by atoms with Gasteiger partial charge in [0.25, 0.3) is 0 Å². The van der Waals surface area contributed by atoms with Crippen molar-refractivity contribution in [3.63, 3.8) is 0 Å². The number of ether oxygens (including phenoxy) is 1. The molecule has 20 heavy (non-hydrogen) atoms. The topological polar surface area (TPSA) is 55.4 Å². The van der Waals surface area contributed by atoms with Crippen molar-refractivity contribution in [2.24, 2.45) is 0 Å². The number of carbonyl (C=O) groups is 2. The summed E-state index contributed by atoms with van der Waals surface area (Å²) in [6.07, 6.45) is -1.58. The van der Waals surface area contributed by atoms with E-state index in [1.807, 2.05) is 12.1 Å². The Labute approximate surface area is 117 Å². The number of rotatable bonds is 4. The monoisotopic (exact) mass is 269 g/mol. The van der Waals surface area contributed by atoms with Gasteiger partial charge in [0, 0.05) is 18.2 Å². The van der Waals surface area contributed by atoms with Gasteiger partial charge in [0.05, 0.1) is 0 Å². The molecule has 2 aromatic carbocycles. The quantitative estimate of drug-likeness (QED) is 0.868. The van der Waals surface area contributed by atoms with Crippen LogP contribution in [0.25, 0.3) is 0 Å². The van der Waals surface area contributed by atoms with Crippen LogP contribution in [0.4, 0.5) is 4.79 Å². The zero-order chi connectivity index (χ0) is 14.4. The highest BCUT2D eigenvalue weighted by Crippen LogP contribution is 2.22. The van der Waals surface area contributed by atoms with E-state index in [1.165, 1.54) is 7.05 Å². The lowest BCUT2D eigenvalue weighted by atomic mass is 10.00. The lowest BCUT2D eigenvalue weighted by molar-refractivity contribution is 0.0633. The fourth-order valence-electron chi connectivity index (χ4n) is 1.82. The lowest BCUT2D eigenvalue weighted by Gasteiger charge is -2.17. The first kappa shape index (κ1) is 13.8. The minimum absolute atomic E-state index is 0.250. The molecule has 0 aliphatic carbocycles. The van der Waals surface area contributed by atoms with Crippen LogP contribution in [0.15, 0.2) is 60.7 Å². The number of benzene rings is 2. The molecule has 0 saturated heterocycles. The van der Waals surface area contributed by atoms with Gasteiger partial charge in [0.1, 0.15) is 0 Å². The van der Waals surface area contributed by atoms with Crippen LogP contribution in [-0.4, -0.2) is 18.9 Å². The van der Waals surface area contributed by atoms with Crippen LogP contribution in [0, 0.1) is 0 Å². The average Bonchev–Trinajstić information content (AvgIpc) is 2.53. The number of alkyl carbamates (subject to hydrolysis) is 1. The van der Waals surface area contributed by atoms with Gasteiger partial charge in [-0.15, -0.1) is 0 Å². The van der Waals surface area contributed by atoms with Gasteiger partial charge >= 0.3 is 6.09 Å². The fourth-order valence-corrected chi connectivity index (χ4v) is 1.82. The molecule has 1 N–H and O–H groups in total. The third-order valence-corrected chi connectivity index (χ3v) is 2.83. The number of nitrogens with one attached hydrogen (secondary N) is 1. The third kappa shape index (κ3) is 3.23. The zero-order valence-electron chi connectivity index (χ0n) is 11.1. The van der Waals surface area contributed by atoms with Crippen LogP contribution in [0.1, 0.15) is 22.0 Å². The molecule has 0 saturated carbocycles. The number of amides is 1. The molecule has 0 heterocycles. The van der Waals surface area contributed by atoms with E-state index in [0.717, 1.165) is 0 Å². The molecule has 1 atom stereocenters. The first-order valence-corrected chi connectivity index (χ1v) is 6.25. The molecular weight excluding hydrogens is 254 g/mol. The van der Waals surface area contributed by atoms with E-state index in [-0.39, 0.29) is 5.78 Å². The van der Waals surface area contributed by atoms with Crippen LogP contribution in [0.2, 0.25) is 0 Å². The number of hydrogen-bond donors (Lipinski definition) is 1.